The van der Waals surface area contributed by atoms with Crippen molar-refractivity contribution < 1.29 is 18.3 Å². The van der Waals surface area contributed by atoms with E-state index >= 15 is 0 Å². The summed E-state index contributed by atoms with van der Waals surface area (Å²) in [7, 11) is 1.90. The van der Waals surface area contributed by atoms with Crippen LogP contribution < -0.4 is 20.6 Å². The van der Waals surface area contributed by atoms with Gasteiger partial charge in [-0.1, -0.05) is 12.1 Å². The molecule has 0 saturated carbocycles. The smallest absolute Gasteiger partial charge is 0.387 e. The van der Waals surface area contributed by atoms with Crippen LogP contribution in [0.3, 0.4) is 0 Å². The fourth-order valence-electron chi connectivity index (χ4n) is 5.00. The molecule has 0 spiro atoms. The van der Waals surface area contributed by atoms with Gasteiger partial charge in [0, 0.05) is 49.4 Å². The Bertz CT molecular complexity index is 2070. The number of aromatic nitrogens is 6. The molecule has 0 saturated heterocycles. The van der Waals surface area contributed by atoms with Crippen molar-refractivity contribution in [2.24, 2.45) is 7.05 Å². The van der Waals surface area contributed by atoms with Gasteiger partial charge in [0.15, 0.2) is 5.65 Å². The van der Waals surface area contributed by atoms with E-state index in [0.717, 1.165) is 16.9 Å². The number of halogens is 2. The van der Waals surface area contributed by atoms with Crippen LogP contribution in [0.15, 0.2) is 88.7 Å². The van der Waals surface area contributed by atoms with Gasteiger partial charge in [0.2, 0.25) is 0 Å². The number of pyridine rings is 2. The van der Waals surface area contributed by atoms with Gasteiger partial charge in [-0.15, -0.1) is 0 Å². The van der Waals surface area contributed by atoms with Crippen LogP contribution in [-0.2, 0) is 20.0 Å². The molecule has 6 aromatic rings. The van der Waals surface area contributed by atoms with Gasteiger partial charge >= 0.3 is 12.6 Å². The van der Waals surface area contributed by atoms with Crippen molar-refractivity contribution in [2.75, 3.05) is 6.61 Å². The van der Waals surface area contributed by atoms with Crippen LogP contribution in [-0.4, -0.2) is 41.9 Å². The lowest BCUT2D eigenvalue weighted by atomic mass is 10.0. The van der Waals surface area contributed by atoms with E-state index in [9.17, 15) is 18.4 Å². The molecule has 2 aromatic carbocycles. The van der Waals surface area contributed by atoms with E-state index in [1.165, 1.54) is 34.9 Å². The van der Waals surface area contributed by atoms with E-state index in [-0.39, 0.29) is 22.9 Å². The summed E-state index contributed by atoms with van der Waals surface area (Å²) in [6, 6.07) is 18.2. The number of hydrogen-bond donors (Lipinski definition) is 0. The van der Waals surface area contributed by atoms with Gasteiger partial charge in [-0.3, -0.25) is 14.2 Å². The maximum Gasteiger partial charge on any atom is 0.387 e. The lowest BCUT2D eigenvalue weighted by Gasteiger charge is -2.14. The van der Waals surface area contributed by atoms with Gasteiger partial charge < -0.3 is 18.6 Å². The molecule has 12 heteroatoms. The van der Waals surface area contributed by atoms with Crippen molar-refractivity contribution in [3.05, 3.63) is 106 Å². The first-order valence-corrected chi connectivity index (χ1v) is 13.5. The summed E-state index contributed by atoms with van der Waals surface area (Å²) in [6.07, 6.45) is 3.86. The van der Waals surface area contributed by atoms with Gasteiger partial charge in [0.05, 0.1) is 23.3 Å². The average molecular weight is 585 g/mol. The molecule has 0 N–H and O–H groups in total. The standard InChI is InChI=1S/C31H26F2N6O4/c1-3-42-31-34-18-20-16-23(29(41)39(28(20)36-31)21-8-10-22(11-9-21)43-30(32)33)19-7-12-24-25(17-19)37(2)26(35-24)13-15-38-14-5-4-6-27(38)40/h4-12,14,16-18,30H,3,13,15H2,1-2H3. The molecule has 0 radical (unpaired) electrons. The maximum atomic E-state index is 14.1. The number of fused-ring (bicyclic) bond motifs is 2. The number of hydrogen-bond acceptors (Lipinski definition) is 7. The van der Waals surface area contributed by atoms with Gasteiger partial charge in [0.25, 0.3) is 11.1 Å². The minimum atomic E-state index is -2.97. The zero-order valence-electron chi connectivity index (χ0n) is 23.3. The molecule has 0 unspecified atom stereocenters. The SMILES string of the molecule is CCOc1ncc2cc(-c3ccc4nc(CCn5ccccc5=O)n(C)c4c3)c(=O)n(-c3ccc(OC(F)F)cc3)c2n1. The molecule has 10 nitrogen and oxygen atoms in total. The minimum absolute atomic E-state index is 0.0357. The highest BCUT2D eigenvalue weighted by atomic mass is 19.3. The van der Waals surface area contributed by atoms with Gasteiger partial charge in [0.1, 0.15) is 11.6 Å². The second-order valence-electron chi connectivity index (χ2n) is 9.71. The van der Waals surface area contributed by atoms with Gasteiger partial charge in [-0.25, -0.2) is 9.97 Å². The molecule has 218 valence electrons. The molecule has 0 atom stereocenters. The molecule has 0 aliphatic rings. The Kier molecular flexibility index (Phi) is 7.41. The Labute approximate surface area is 243 Å². The van der Waals surface area contributed by atoms with Gasteiger partial charge in [-0.2, -0.15) is 13.8 Å². The van der Waals surface area contributed by atoms with Gasteiger partial charge in [-0.05, 0) is 61.0 Å². The van der Waals surface area contributed by atoms with E-state index in [0.29, 0.717) is 47.4 Å². The fraction of sp³-hybridized carbons (Fsp3) is 0.194. The molecule has 4 heterocycles. The maximum absolute atomic E-state index is 14.1. The molecule has 4 aromatic heterocycles. The van der Waals surface area contributed by atoms with Crippen LogP contribution in [0.2, 0.25) is 0 Å². The summed E-state index contributed by atoms with van der Waals surface area (Å²) in [5.41, 5.74) is 2.85. The highest BCUT2D eigenvalue weighted by Crippen LogP contribution is 2.27. The molecule has 43 heavy (non-hydrogen) atoms. The minimum Gasteiger partial charge on any atom is -0.464 e. The van der Waals surface area contributed by atoms with Crippen molar-refractivity contribution in [1.29, 1.82) is 0 Å². The molecule has 0 bridgehead atoms. The number of alkyl halides is 2. The first-order chi connectivity index (χ1) is 20.8. The van der Waals surface area contributed by atoms with Crippen LogP contribution in [0.4, 0.5) is 8.78 Å². The quantitative estimate of drug-likeness (QED) is 0.242. The number of aryl methyl sites for hydroxylation is 3. The topological polar surface area (TPSA) is 106 Å². The van der Waals surface area contributed by atoms with E-state index in [1.807, 2.05) is 35.9 Å². The first-order valence-electron chi connectivity index (χ1n) is 13.5. The van der Waals surface area contributed by atoms with E-state index in [4.69, 9.17) is 9.72 Å². The van der Waals surface area contributed by atoms with E-state index in [2.05, 4.69) is 14.7 Å². The highest BCUT2D eigenvalue weighted by Gasteiger charge is 2.18. The van der Waals surface area contributed by atoms with Crippen molar-refractivity contribution >= 4 is 22.1 Å². The van der Waals surface area contributed by atoms with Crippen LogP contribution in [0.25, 0.3) is 38.9 Å². The average Bonchev–Trinajstić information content (AvgIpc) is 3.31. The number of imidazole rings is 1. The Morgan fingerprint density at radius 1 is 0.977 bits per heavy atom. The van der Waals surface area contributed by atoms with Crippen molar-refractivity contribution in [2.45, 2.75) is 26.5 Å². The number of nitrogens with zero attached hydrogens (tertiary/aromatic N) is 6. The summed E-state index contributed by atoms with van der Waals surface area (Å²) in [4.78, 5) is 39.7. The Morgan fingerprint density at radius 2 is 1.79 bits per heavy atom. The summed E-state index contributed by atoms with van der Waals surface area (Å²) in [6.45, 7) is -0.359. The number of ether oxygens (including phenoxy) is 2. The predicted octanol–water partition coefficient (Wildman–Crippen LogP) is 4.74. The zero-order valence-corrected chi connectivity index (χ0v) is 23.3. The third kappa shape index (κ3) is 5.46. The molecule has 6 rings (SSSR count). The Balaban J connectivity index is 1.45. The summed E-state index contributed by atoms with van der Waals surface area (Å²) in [5.74, 6) is 0.758. The Hall–Kier alpha value is -5.39. The lowest BCUT2D eigenvalue weighted by molar-refractivity contribution is -0.0498. The lowest BCUT2D eigenvalue weighted by Crippen LogP contribution is -2.21. The van der Waals surface area contributed by atoms with E-state index < -0.39 is 6.61 Å². The van der Waals surface area contributed by atoms with Crippen LogP contribution >= 0.6 is 0 Å². The molecular formula is C31H26F2N6O4. The van der Waals surface area contributed by atoms with Crippen LogP contribution in [0.1, 0.15) is 12.7 Å². The molecule has 0 aliphatic carbocycles. The van der Waals surface area contributed by atoms with E-state index in [1.54, 1.807) is 36.0 Å². The summed E-state index contributed by atoms with van der Waals surface area (Å²) in [5, 5.41) is 0.574. The third-order valence-electron chi connectivity index (χ3n) is 7.07. The van der Waals surface area contributed by atoms with Crippen LogP contribution in [0, 0.1) is 0 Å². The largest absolute Gasteiger partial charge is 0.464 e. The summed E-state index contributed by atoms with van der Waals surface area (Å²) < 4.78 is 40.4. The molecular weight excluding hydrogens is 558 g/mol. The third-order valence-corrected chi connectivity index (χ3v) is 7.07. The van der Waals surface area contributed by atoms with Crippen molar-refractivity contribution in [1.82, 2.24) is 28.7 Å². The molecule has 0 amide bonds. The summed E-state index contributed by atoms with van der Waals surface area (Å²) >= 11 is 0. The predicted molar refractivity (Wildman–Crippen MR) is 157 cm³/mol. The van der Waals surface area contributed by atoms with Crippen LogP contribution in [0.5, 0.6) is 11.8 Å². The fourth-order valence-corrected chi connectivity index (χ4v) is 5.00. The normalized spacial score (nSPS) is 11.5. The first kappa shape index (κ1) is 27.8. The zero-order chi connectivity index (χ0) is 30.1. The van der Waals surface area contributed by atoms with Crippen molar-refractivity contribution in [3.63, 3.8) is 0 Å². The Morgan fingerprint density at radius 3 is 2.53 bits per heavy atom. The van der Waals surface area contributed by atoms with Crippen molar-refractivity contribution in [3.8, 4) is 28.6 Å². The number of rotatable bonds is 9. The highest BCUT2D eigenvalue weighted by molar-refractivity contribution is 5.87. The second-order valence-corrected chi connectivity index (χ2v) is 9.71. The second kappa shape index (κ2) is 11.5. The molecule has 0 fully saturated rings. The molecule has 0 aliphatic heterocycles. The monoisotopic (exact) mass is 584 g/mol. The number of benzene rings is 2.